The number of hydrogen-bond donors (Lipinski definition) is 0. The number of sulfonamides is 1. The number of amides is 1. The van der Waals surface area contributed by atoms with Gasteiger partial charge >= 0.3 is 0 Å². The van der Waals surface area contributed by atoms with Gasteiger partial charge in [0.15, 0.2) is 0 Å². The van der Waals surface area contributed by atoms with Gasteiger partial charge in [-0.2, -0.15) is 4.31 Å². The van der Waals surface area contributed by atoms with Gasteiger partial charge in [0.25, 0.3) is 0 Å². The molecular weight excluding hydrogens is 276 g/mol. The largest absolute Gasteiger partial charge is 0.338 e. The number of carbonyl (C=O) groups is 1. The highest BCUT2D eigenvalue weighted by Gasteiger charge is 2.39. The first-order valence-corrected chi connectivity index (χ1v) is 8.87. The normalized spacial score (nSPS) is 20.1. The van der Waals surface area contributed by atoms with Crippen molar-refractivity contribution >= 4 is 15.9 Å². The van der Waals surface area contributed by atoms with Crippen LogP contribution in [0.5, 0.6) is 0 Å². The van der Waals surface area contributed by atoms with Crippen LogP contribution >= 0.6 is 0 Å². The minimum atomic E-state index is -3.31. The van der Waals surface area contributed by atoms with E-state index in [-0.39, 0.29) is 11.7 Å². The molecule has 0 bridgehead atoms. The zero-order valence-electron chi connectivity index (χ0n) is 12.8. The van der Waals surface area contributed by atoms with Gasteiger partial charge in [-0.1, -0.05) is 19.1 Å². The van der Waals surface area contributed by atoms with Gasteiger partial charge < -0.3 is 4.90 Å². The van der Waals surface area contributed by atoms with Crippen molar-refractivity contribution in [2.24, 2.45) is 0 Å². The van der Waals surface area contributed by atoms with Crippen molar-refractivity contribution in [1.29, 1.82) is 0 Å². The summed E-state index contributed by atoms with van der Waals surface area (Å²) in [7, 11) is -3.31. The molecule has 1 aliphatic rings. The van der Waals surface area contributed by atoms with E-state index in [4.69, 9.17) is 0 Å². The highest BCUT2D eigenvalue weighted by molar-refractivity contribution is 7.89. The van der Waals surface area contributed by atoms with Crippen molar-refractivity contribution < 1.29 is 13.2 Å². The number of rotatable bonds is 7. The molecule has 1 saturated heterocycles. The molecule has 0 N–H and O–H groups in total. The van der Waals surface area contributed by atoms with Crippen LogP contribution in [-0.4, -0.2) is 55.0 Å². The molecule has 1 amide bonds. The van der Waals surface area contributed by atoms with Gasteiger partial charge in [0.1, 0.15) is 6.04 Å². The molecule has 1 atom stereocenters. The van der Waals surface area contributed by atoms with Crippen LogP contribution in [0.2, 0.25) is 0 Å². The molecule has 1 fully saturated rings. The lowest BCUT2D eigenvalue weighted by Gasteiger charge is -2.29. The maximum atomic E-state index is 12.6. The van der Waals surface area contributed by atoms with E-state index in [1.807, 2.05) is 20.8 Å². The molecule has 1 rings (SSSR count). The standard InChI is InChI=1S/C14H26N2O3S/c1-5-10-20(18,19)16-9-7-8-13(16)14(17)15(6-2)11-12(3)4/h13H,3,5-11H2,1-2,4H3. The molecule has 0 aromatic heterocycles. The molecule has 20 heavy (non-hydrogen) atoms. The van der Waals surface area contributed by atoms with Crippen LogP contribution in [0.1, 0.15) is 40.0 Å². The van der Waals surface area contributed by atoms with Gasteiger partial charge in [0.05, 0.1) is 5.75 Å². The maximum Gasteiger partial charge on any atom is 0.241 e. The lowest BCUT2D eigenvalue weighted by atomic mass is 10.2. The van der Waals surface area contributed by atoms with Crippen LogP contribution in [0.3, 0.4) is 0 Å². The molecule has 0 saturated carbocycles. The topological polar surface area (TPSA) is 57.7 Å². The molecule has 1 aliphatic heterocycles. The summed E-state index contributed by atoms with van der Waals surface area (Å²) in [5.41, 5.74) is 0.904. The molecule has 1 unspecified atom stereocenters. The summed E-state index contributed by atoms with van der Waals surface area (Å²) in [5.74, 6) is 0.0244. The van der Waals surface area contributed by atoms with Gasteiger partial charge in [0, 0.05) is 19.6 Å². The Balaban J connectivity index is 2.88. The number of nitrogens with zero attached hydrogens (tertiary/aromatic N) is 2. The van der Waals surface area contributed by atoms with Gasteiger partial charge in [-0.15, -0.1) is 0 Å². The first-order valence-electron chi connectivity index (χ1n) is 7.26. The lowest BCUT2D eigenvalue weighted by Crippen LogP contribution is -2.48. The van der Waals surface area contributed by atoms with E-state index in [1.54, 1.807) is 4.90 Å². The van der Waals surface area contributed by atoms with Crippen molar-refractivity contribution in [3.63, 3.8) is 0 Å². The second kappa shape index (κ2) is 7.22. The summed E-state index contributed by atoms with van der Waals surface area (Å²) >= 11 is 0. The maximum absolute atomic E-state index is 12.6. The van der Waals surface area contributed by atoms with Crippen molar-refractivity contribution in [2.75, 3.05) is 25.4 Å². The molecular formula is C14H26N2O3S. The van der Waals surface area contributed by atoms with Crippen molar-refractivity contribution in [3.8, 4) is 0 Å². The predicted molar refractivity (Wildman–Crippen MR) is 80.9 cm³/mol. The van der Waals surface area contributed by atoms with Crippen LogP contribution in [0.15, 0.2) is 12.2 Å². The smallest absolute Gasteiger partial charge is 0.241 e. The SMILES string of the molecule is C=C(C)CN(CC)C(=O)C1CCCN1S(=O)(=O)CCC. The first kappa shape index (κ1) is 17.2. The first-order chi connectivity index (χ1) is 9.33. The third-order valence-corrected chi connectivity index (χ3v) is 5.54. The van der Waals surface area contributed by atoms with Crippen LogP contribution in [0.4, 0.5) is 0 Å². The Hall–Kier alpha value is -0.880. The van der Waals surface area contributed by atoms with E-state index in [2.05, 4.69) is 6.58 Å². The number of carbonyl (C=O) groups excluding carboxylic acids is 1. The van der Waals surface area contributed by atoms with E-state index < -0.39 is 16.1 Å². The van der Waals surface area contributed by atoms with E-state index in [9.17, 15) is 13.2 Å². The Morgan fingerprint density at radius 2 is 2.05 bits per heavy atom. The predicted octanol–water partition coefficient (Wildman–Crippen LogP) is 1.62. The van der Waals surface area contributed by atoms with Gasteiger partial charge in [-0.05, 0) is 33.1 Å². The Kier molecular flexibility index (Phi) is 6.20. The van der Waals surface area contributed by atoms with Gasteiger partial charge in [0.2, 0.25) is 15.9 Å². The zero-order valence-corrected chi connectivity index (χ0v) is 13.6. The molecule has 6 heteroatoms. The molecule has 0 aromatic rings. The second-order valence-electron chi connectivity index (χ2n) is 5.39. The lowest BCUT2D eigenvalue weighted by molar-refractivity contribution is -0.134. The van der Waals surface area contributed by atoms with Crippen molar-refractivity contribution in [2.45, 2.75) is 46.1 Å². The van der Waals surface area contributed by atoms with Gasteiger partial charge in [-0.3, -0.25) is 4.79 Å². The molecule has 5 nitrogen and oxygen atoms in total. The second-order valence-corrected chi connectivity index (χ2v) is 7.44. The average Bonchev–Trinajstić information content (AvgIpc) is 2.84. The van der Waals surface area contributed by atoms with Crippen LogP contribution in [0, 0.1) is 0 Å². The summed E-state index contributed by atoms with van der Waals surface area (Å²) in [5, 5.41) is 0. The van der Waals surface area contributed by atoms with Crippen molar-refractivity contribution in [3.05, 3.63) is 12.2 Å². The Labute approximate surface area is 122 Å². The van der Waals surface area contributed by atoms with E-state index >= 15 is 0 Å². The molecule has 0 radical (unpaired) electrons. The van der Waals surface area contributed by atoms with Crippen LogP contribution in [0.25, 0.3) is 0 Å². The minimum Gasteiger partial charge on any atom is -0.338 e. The highest BCUT2D eigenvalue weighted by Crippen LogP contribution is 2.23. The molecule has 0 aliphatic carbocycles. The zero-order chi connectivity index (χ0) is 15.3. The number of likely N-dealkylation sites (N-methyl/N-ethyl adjacent to an activating group) is 1. The minimum absolute atomic E-state index is 0.0901. The summed E-state index contributed by atoms with van der Waals surface area (Å²) in [4.78, 5) is 14.2. The summed E-state index contributed by atoms with van der Waals surface area (Å²) < 4.78 is 25.8. The monoisotopic (exact) mass is 302 g/mol. The van der Waals surface area contributed by atoms with Crippen LogP contribution in [-0.2, 0) is 14.8 Å². The summed E-state index contributed by atoms with van der Waals surface area (Å²) in [6, 6.07) is -0.522. The Bertz CT molecular complexity index is 459. The molecule has 0 spiro atoms. The molecule has 116 valence electrons. The Morgan fingerprint density at radius 1 is 1.40 bits per heavy atom. The Morgan fingerprint density at radius 3 is 2.55 bits per heavy atom. The summed E-state index contributed by atoms with van der Waals surface area (Å²) in [6.45, 7) is 11.0. The number of hydrogen-bond acceptors (Lipinski definition) is 3. The average molecular weight is 302 g/mol. The summed E-state index contributed by atoms with van der Waals surface area (Å²) in [6.07, 6.45) is 1.95. The molecule has 1 heterocycles. The third kappa shape index (κ3) is 4.06. The quantitative estimate of drug-likeness (QED) is 0.671. The van der Waals surface area contributed by atoms with E-state index in [0.29, 0.717) is 32.5 Å². The highest BCUT2D eigenvalue weighted by atomic mass is 32.2. The fourth-order valence-electron chi connectivity index (χ4n) is 2.58. The fraction of sp³-hybridized carbons (Fsp3) is 0.786. The fourth-order valence-corrected chi connectivity index (χ4v) is 4.32. The van der Waals surface area contributed by atoms with Crippen molar-refractivity contribution in [1.82, 2.24) is 9.21 Å². The van der Waals surface area contributed by atoms with Gasteiger partial charge in [-0.25, -0.2) is 8.42 Å². The molecule has 0 aromatic carbocycles. The van der Waals surface area contributed by atoms with E-state index in [1.165, 1.54) is 4.31 Å². The van der Waals surface area contributed by atoms with E-state index in [0.717, 1.165) is 12.0 Å². The van der Waals surface area contributed by atoms with Crippen LogP contribution < -0.4 is 0 Å². The third-order valence-electron chi connectivity index (χ3n) is 3.46.